The van der Waals surface area contributed by atoms with Crippen molar-refractivity contribution in [1.29, 1.82) is 0 Å². The van der Waals surface area contributed by atoms with Gasteiger partial charge in [0.1, 0.15) is 5.75 Å². The second-order valence-electron chi connectivity index (χ2n) is 5.22. The molecule has 1 atom stereocenters. The summed E-state index contributed by atoms with van der Waals surface area (Å²) in [6.07, 6.45) is 6.36. The summed E-state index contributed by atoms with van der Waals surface area (Å²) in [6.45, 7) is 2.06. The van der Waals surface area contributed by atoms with Crippen molar-refractivity contribution in [2.75, 3.05) is 0 Å². The van der Waals surface area contributed by atoms with Crippen LogP contribution in [0.1, 0.15) is 35.6 Å². The number of benzene rings is 1. The Morgan fingerprint density at radius 2 is 2.20 bits per heavy atom. The van der Waals surface area contributed by atoms with E-state index in [1.54, 1.807) is 6.20 Å². The summed E-state index contributed by atoms with van der Waals surface area (Å²) in [6, 6.07) is 10.0. The van der Waals surface area contributed by atoms with Gasteiger partial charge in [0, 0.05) is 12.4 Å². The summed E-state index contributed by atoms with van der Waals surface area (Å²) in [5.41, 5.74) is 6.21. The molecule has 1 fully saturated rings. The van der Waals surface area contributed by atoms with E-state index in [1.807, 2.05) is 24.4 Å². The van der Waals surface area contributed by atoms with Gasteiger partial charge in [-0.25, -0.2) is 5.43 Å². The minimum Gasteiger partial charge on any atom is -0.490 e. The lowest BCUT2D eigenvalue weighted by Gasteiger charge is -2.19. The normalized spacial score (nSPS) is 15.9. The SMILES string of the molecule is Cc1ccncc1C(NN)c1cccc(OC2CC2)c1. The number of hydrazine groups is 1. The van der Waals surface area contributed by atoms with Gasteiger partial charge in [-0.1, -0.05) is 12.1 Å². The largest absolute Gasteiger partial charge is 0.490 e. The van der Waals surface area contributed by atoms with Crippen molar-refractivity contribution >= 4 is 0 Å². The number of nitrogens with one attached hydrogen (secondary N) is 1. The first-order chi connectivity index (χ1) is 9.78. The van der Waals surface area contributed by atoms with Crippen LogP contribution in [0.25, 0.3) is 0 Å². The maximum atomic E-state index is 5.84. The summed E-state index contributed by atoms with van der Waals surface area (Å²) in [5.74, 6) is 6.66. The summed E-state index contributed by atoms with van der Waals surface area (Å²) in [4.78, 5) is 4.19. The van der Waals surface area contributed by atoms with E-state index in [0.717, 1.165) is 35.3 Å². The number of pyridine rings is 1. The third kappa shape index (κ3) is 2.81. The van der Waals surface area contributed by atoms with E-state index in [9.17, 15) is 0 Å². The molecule has 4 heteroatoms. The fourth-order valence-corrected chi connectivity index (χ4v) is 2.29. The molecule has 3 N–H and O–H groups in total. The minimum absolute atomic E-state index is 0.0774. The quantitative estimate of drug-likeness (QED) is 0.646. The molecule has 1 saturated carbocycles. The Kier molecular flexibility index (Phi) is 3.67. The summed E-state index contributed by atoms with van der Waals surface area (Å²) in [7, 11) is 0. The Bertz CT molecular complexity index is 596. The second-order valence-corrected chi connectivity index (χ2v) is 5.22. The highest BCUT2D eigenvalue weighted by Crippen LogP contribution is 2.30. The molecule has 4 nitrogen and oxygen atoms in total. The van der Waals surface area contributed by atoms with Crippen LogP contribution in [0.3, 0.4) is 0 Å². The molecule has 2 aromatic rings. The van der Waals surface area contributed by atoms with Gasteiger partial charge >= 0.3 is 0 Å². The Hall–Kier alpha value is -1.91. The third-order valence-electron chi connectivity index (χ3n) is 3.58. The third-order valence-corrected chi connectivity index (χ3v) is 3.58. The van der Waals surface area contributed by atoms with Gasteiger partial charge in [-0.05, 0) is 54.7 Å². The van der Waals surface area contributed by atoms with E-state index in [2.05, 4.69) is 29.5 Å². The monoisotopic (exact) mass is 269 g/mol. The van der Waals surface area contributed by atoms with Gasteiger partial charge in [-0.3, -0.25) is 10.8 Å². The molecule has 3 rings (SSSR count). The number of aryl methyl sites for hydroxylation is 1. The molecular weight excluding hydrogens is 250 g/mol. The lowest BCUT2D eigenvalue weighted by molar-refractivity contribution is 0.302. The van der Waals surface area contributed by atoms with Crippen LogP contribution in [0.15, 0.2) is 42.7 Å². The van der Waals surface area contributed by atoms with E-state index in [1.165, 1.54) is 0 Å². The second kappa shape index (κ2) is 5.61. The maximum Gasteiger partial charge on any atom is 0.120 e. The van der Waals surface area contributed by atoms with Crippen molar-refractivity contribution in [3.8, 4) is 5.75 Å². The van der Waals surface area contributed by atoms with Crippen LogP contribution in [-0.2, 0) is 0 Å². The predicted octanol–water partition coefficient (Wildman–Crippen LogP) is 2.48. The summed E-state index contributed by atoms with van der Waals surface area (Å²) >= 11 is 0. The van der Waals surface area contributed by atoms with E-state index in [0.29, 0.717) is 6.10 Å². The standard InChI is InChI=1S/C16H19N3O/c1-11-7-8-18-10-15(11)16(19-17)12-3-2-4-14(9-12)20-13-5-6-13/h2-4,7-10,13,16,19H,5-6,17H2,1H3. The molecule has 1 aliphatic rings. The van der Waals surface area contributed by atoms with Crippen LogP contribution >= 0.6 is 0 Å². The van der Waals surface area contributed by atoms with Gasteiger partial charge in [0.25, 0.3) is 0 Å². The Labute approximate surface area is 119 Å². The molecule has 20 heavy (non-hydrogen) atoms. The Morgan fingerprint density at radius 3 is 2.90 bits per heavy atom. The van der Waals surface area contributed by atoms with E-state index < -0.39 is 0 Å². The molecule has 0 radical (unpaired) electrons. The highest BCUT2D eigenvalue weighted by atomic mass is 16.5. The first-order valence-electron chi connectivity index (χ1n) is 6.91. The zero-order chi connectivity index (χ0) is 13.9. The highest BCUT2D eigenvalue weighted by Gasteiger charge is 2.24. The Morgan fingerprint density at radius 1 is 1.35 bits per heavy atom. The number of hydrogen-bond donors (Lipinski definition) is 2. The van der Waals surface area contributed by atoms with Crippen LogP contribution in [0.4, 0.5) is 0 Å². The van der Waals surface area contributed by atoms with Gasteiger partial charge in [0.05, 0.1) is 12.1 Å². The molecule has 0 amide bonds. The fourth-order valence-electron chi connectivity index (χ4n) is 2.29. The van der Waals surface area contributed by atoms with E-state index in [4.69, 9.17) is 10.6 Å². The average Bonchev–Trinajstić information content (AvgIpc) is 3.26. The maximum absolute atomic E-state index is 5.84. The van der Waals surface area contributed by atoms with Crippen LogP contribution in [0, 0.1) is 6.92 Å². The lowest BCUT2D eigenvalue weighted by Crippen LogP contribution is -2.29. The fraction of sp³-hybridized carbons (Fsp3) is 0.312. The predicted molar refractivity (Wildman–Crippen MR) is 78.2 cm³/mol. The number of hydrogen-bond acceptors (Lipinski definition) is 4. The van der Waals surface area contributed by atoms with Crippen molar-refractivity contribution in [3.63, 3.8) is 0 Å². The number of nitrogens with zero attached hydrogens (tertiary/aromatic N) is 1. The summed E-state index contributed by atoms with van der Waals surface area (Å²) in [5, 5.41) is 0. The van der Waals surface area contributed by atoms with Crippen molar-refractivity contribution in [1.82, 2.24) is 10.4 Å². The van der Waals surface area contributed by atoms with Crippen LogP contribution in [0.5, 0.6) is 5.75 Å². The van der Waals surface area contributed by atoms with Crippen molar-refractivity contribution < 1.29 is 4.74 Å². The first-order valence-corrected chi connectivity index (χ1v) is 6.91. The molecule has 1 unspecified atom stereocenters. The zero-order valence-corrected chi connectivity index (χ0v) is 11.5. The number of aromatic nitrogens is 1. The Balaban J connectivity index is 1.90. The lowest BCUT2D eigenvalue weighted by atomic mass is 9.97. The van der Waals surface area contributed by atoms with Gasteiger partial charge in [0.2, 0.25) is 0 Å². The van der Waals surface area contributed by atoms with Crippen LogP contribution < -0.4 is 16.0 Å². The van der Waals surface area contributed by atoms with Crippen LogP contribution in [-0.4, -0.2) is 11.1 Å². The molecule has 0 aliphatic heterocycles. The molecule has 0 saturated heterocycles. The van der Waals surface area contributed by atoms with Gasteiger partial charge in [-0.15, -0.1) is 0 Å². The molecular formula is C16H19N3O. The molecule has 1 aromatic heterocycles. The molecule has 0 spiro atoms. The van der Waals surface area contributed by atoms with Gasteiger partial charge < -0.3 is 4.74 Å². The number of ether oxygens (including phenoxy) is 1. The molecule has 1 aromatic carbocycles. The molecule has 1 heterocycles. The van der Waals surface area contributed by atoms with Gasteiger partial charge in [-0.2, -0.15) is 0 Å². The average molecular weight is 269 g/mol. The molecule has 104 valence electrons. The summed E-state index contributed by atoms with van der Waals surface area (Å²) < 4.78 is 5.84. The van der Waals surface area contributed by atoms with Crippen molar-refractivity contribution in [3.05, 3.63) is 59.4 Å². The van der Waals surface area contributed by atoms with Crippen molar-refractivity contribution in [2.45, 2.75) is 31.9 Å². The number of nitrogens with two attached hydrogens (primary N) is 1. The van der Waals surface area contributed by atoms with Gasteiger partial charge in [0.15, 0.2) is 0 Å². The zero-order valence-electron chi connectivity index (χ0n) is 11.5. The molecule has 0 bridgehead atoms. The van der Waals surface area contributed by atoms with E-state index in [-0.39, 0.29) is 6.04 Å². The minimum atomic E-state index is -0.0774. The molecule has 1 aliphatic carbocycles. The number of rotatable bonds is 5. The van der Waals surface area contributed by atoms with Crippen molar-refractivity contribution in [2.24, 2.45) is 5.84 Å². The smallest absolute Gasteiger partial charge is 0.120 e. The van der Waals surface area contributed by atoms with Crippen LogP contribution in [0.2, 0.25) is 0 Å². The first kappa shape index (κ1) is 13.1. The topological polar surface area (TPSA) is 60.2 Å². The van der Waals surface area contributed by atoms with E-state index >= 15 is 0 Å². The highest BCUT2D eigenvalue weighted by molar-refractivity contribution is 5.38.